The predicted molar refractivity (Wildman–Crippen MR) is 193 cm³/mol. The Bertz CT molecular complexity index is 1890. The molecule has 5 heterocycles. The second kappa shape index (κ2) is 16.2. The molecule has 2 aromatic carbocycles. The molecule has 3 aliphatic rings. The quantitative estimate of drug-likeness (QED) is 0.138. The number of hydrogen-bond acceptors (Lipinski definition) is 9. The molecule has 4 aromatic rings. The van der Waals surface area contributed by atoms with Crippen molar-refractivity contribution in [1.29, 1.82) is 0 Å². The van der Waals surface area contributed by atoms with Crippen LogP contribution in [0.25, 0.3) is 5.65 Å². The largest absolute Gasteiger partial charge is 0.374 e. The highest BCUT2D eigenvalue weighted by atomic mass is 19.1. The van der Waals surface area contributed by atoms with Gasteiger partial charge >= 0.3 is 0 Å². The molecule has 3 amide bonds. The van der Waals surface area contributed by atoms with E-state index in [1.54, 1.807) is 16.8 Å². The summed E-state index contributed by atoms with van der Waals surface area (Å²) in [7, 11) is 0. The Hall–Kier alpha value is -4.95. The van der Waals surface area contributed by atoms with Gasteiger partial charge in [0.15, 0.2) is 5.65 Å². The van der Waals surface area contributed by atoms with Crippen LogP contribution in [0.15, 0.2) is 60.9 Å². The van der Waals surface area contributed by atoms with E-state index in [1.165, 1.54) is 17.8 Å². The molecule has 3 aliphatic heterocycles. The number of nitrogens with zero attached hydrogens (tertiary/aromatic N) is 6. The van der Waals surface area contributed by atoms with Crippen molar-refractivity contribution < 1.29 is 23.2 Å². The van der Waals surface area contributed by atoms with Crippen LogP contribution in [0.2, 0.25) is 0 Å². The molecule has 14 heteroatoms. The normalized spacial score (nSPS) is 20.0. The summed E-state index contributed by atoms with van der Waals surface area (Å²) >= 11 is 0. The Balaban J connectivity index is 0.809. The minimum atomic E-state index is -0.472. The SMILES string of the molecule is O=C1CCC(Nc2ccc(CN3CCN(CCCCCNC(=O)c4cnn5ccc(N6CCCC6c6cc(F)ccc6F)nc45)CC3)cc2)C(=O)N1. The zero-order valence-corrected chi connectivity index (χ0v) is 29.2. The third-order valence-corrected chi connectivity index (χ3v) is 10.3. The van der Waals surface area contributed by atoms with Gasteiger partial charge in [-0.3, -0.25) is 24.6 Å². The third-order valence-electron chi connectivity index (χ3n) is 10.3. The van der Waals surface area contributed by atoms with Gasteiger partial charge in [0.1, 0.15) is 29.1 Å². The van der Waals surface area contributed by atoms with E-state index in [0.717, 1.165) is 82.8 Å². The molecule has 52 heavy (non-hydrogen) atoms. The van der Waals surface area contributed by atoms with Gasteiger partial charge in [-0.25, -0.2) is 18.3 Å². The van der Waals surface area contributed by atoms with Crippen molar-refractivity contribution in [3.63, 3.8) is 0 Å². The molecule has 2 aromatic heterocycles. The molecule has 12 nitrogen and oxygen atoms in total. The summed E-state index contributed by atoms with van der Waals surface area (Å²) in [5.41, 5.74) is 3.22. The monoisotopic (exact) mass is 713 g/mol. The number of piperazine rings is 1. The van der Waals surface area contributed by atoms with Crippen LogP contribution in [0, 0.1) is 11.6 Å². The van der Waals surface area contributed by atoms with E-state index in [2.05, 4.69) is 43.0 Å². The Morgan fingerprint density at radius 2 is 1.73 bits per heavy atom. The standard InChI is InChI=1S/C38H45F2N9O3/c39-27-8-11-31(40)29(23-27)33-5-4-17-48(33)34-14-18-49-36(44-34)30(24-42-49)37(51)41-15-2-1-3-16-46-19-21-47(22-20-46)25-26-6-9-28(10-7-26)43-32-12-13-35(50)45-38(32)52/h6-11,14,18,23-24,32-33,43H,1-5,12-13,15-17,19-22,25H2,(H,41,51)(H,45,50,52). The number of carbonyl (C=O) groups excluding carboxylic acids is 3. The van der Waals surface area contributed by atoms with E-state index in [-0.39, 0.29) is 29.8 Å². The maximum Gasteiger partial charge on any atom is 0.256 e. The Labute approximate surface area is 301 Å². The van der Waals surface area contributed by atoms with E-state index in [0.29, 0.717) is 54.9 Å². The van der Waals surface area contributed by atoms with Crippen molar-refractivity contribution in [2.75, 3.05) is 56.0 Å². The molecular weight excluding hydrogens is 668 g/mol. The molecule has 2 unspecified atom stereocenters. The van der Waals surface area contributed by atoms with Gasteiger partial charge in [0.25, 0.3) is 5.91 Å². The van der Waals surface area contributed by atoms with Gasteiger partial charge in [-0.15, -0.1) is 0 Å². The average Bonchev–Trinajstić information content (AvgIpc) is 3.81. The van der Waals surface area contributed by atoms with Gasteiger partial charge in [0, 0.05) is 69.7 Å². The average molecular weight is 714 g/mol. The highest BCUT2D eigenvalue weighted by Crippen LogP contribution is 2.37. The number of hydrogen-bond donors (Lipinski definition) is 3. The highest BCUT2D eigenvalue weighted by Gasteiger charge is 2.30. The van der Waals surface area contributed by atoms with Crippen LogP contribution >= 0.6 is 0 Å². The van der Waals surface area contributed by atoms with Crippen LogP contribution in [0.3, 0.4) is 0 Å². The molecule has 3 fully saturated rings. The first-order chi connectivity index (χ1) is 25.3. The number of anilines is 2. The van der Waals surface area contributed by atoms with E-state index in [9.17, 15) is 23.2 Å². The third kappa shape index (κ3) is 8.39. The molecule has 0 aliphatic carbocycles. The van der Waals surface area contributed by atoms with Crippen LogP contribution in [-0.4, -0.2) is 94.0 Å². The first-order valence-corrected chi connectivity index (χ1v) is 18.3. The number of piperidine rings is 1. The molecule has 3 saturated heterocycles. The van der Waals surface area contributed by atoms with Crippen LogP contribution in [0.5, 0.6) is 0 Å². The molecule has 2 atom stereocenters. The second-order valence-corrected chi connectivity index (χ2v) is 13.9. The van der Waals surface area contributed by atoms with Gasteiger partial charge in [-0.2, -0.15) is 5.10 Å². The molecular formula is C38H45F2N9O3. The Morgan fingerprint density at radius 1 is 0.923 bits per heavy atom. The van der Waals surface area contributed by atoms with Gasteiger partial charge < -0.3 is 20.4 Å². The number of benzene rings is 2. The van der Waals surface area contributed by atoms with Gasteiger partial charge in [0.2, 0.25) is 11.8 Å². The van der Waals surface area contributed by atoms with Crippen molar-refractivity contribution in [3.05, 3.63) is 89.2 Å². The fraction of sp³-hybridized carbons (Fsp3) is 0.447. The van der Waals surface area contributed by atoms with Crippen LogP contribution in [-0.2, 0) is 16.1 Å². The lowest BCUT2D eigenvalue weighted by molar-refractivity contribution is -0.133. The number of carbonyl (C=O) groups is 3. The van der Waals surface area contributed by atoms with Crippen molar-refractivity contribution in [1.82, 2.24) is 35.0 Å². The minimum absolute atomic E-state index is 0.214. The lowest BCUT2D eigenvalue weighted by Crippen LogP contribution is -2.47. The van der Waals surface area contributed by atoms with Crippen molar-refractivity contribution >= 4 is 34.9 Å². The van der Waals surface area contributed by atoms with E-state index >= 15 is 0 Å². The van der Waals surface area contributed by atoms with E-state index in [1.807, 2.05) is 17.0 Å². The summed E-state index contributed by atoms with van der Waals surface area (Å²) in [6.07, 6.45) is 8.55. The molecule has 3 N–H and O–H groups in total. The maximum absolute atomic E-state index is 14.6. The summed E-state index contributed by atoms with van der Waals surface area (Å²) in [6.45, 7) is 7.15. The summed E-state index contributed by atoms with van der Waals surface area (Å²) < 4.78 is 30.2. The fourth-order valence-corrected chi connectivity index (χ4v) is 7.42. The van der Waals surface area contributed by atoms with Crippen molar-refractivity contribution in [2.45, 2.75) is 63.6 Å². The number of amides is 3. The van der Waals surface area contributed by atoms with Crippen LogP contribution < -0.4 is 20.9 Å². The lowest BCUT2D eigenvalue weighted by atomic mass is 10.0. The number of fused-ring (bicyclic) bond motifs is 1. The predicted octanol–water partition coefficient (Wildman–Crippen LogP) is 4.28. The molecule has 0 bridgehead atoms. The summed E-state index contributed by atoms with van der Waals surface area (Å²) in [5.74, 6) is -1.02. The summed E-state index contributed by atoms with van der Waals surface area (Å²) in [4.78, 5) is 48.2. The molecule has 7 rings (SSSR count). The number of aromatic nitrogens is 3. The van der Waals surface area contributed by atoms with Gasteiger partial charge in [-0.1, -0.05) is 18.6 Å². The van der Waals surface area contributed by atoms with Crippen molar-refractivity contribution in [3.8, 4) is 0 Å². The van der Waals surface area contributed by atoms with E-state index in [4.69, 9.17) is 4.98 Å². The smallest absolute Gasteiger partial charge is 0.256 e. The van der Waals surface area contributed by atoms with Crippen LogP contribution in [0.4, 0.5) is 20.3 Å². The van der Waals surface area contributed by atoms with Gasteiger partial charge in [0.05, 0.1) is 12.2 Å². The number of halogens is 2. The summed E-state index contributed by atoms with van der Waals surface area (Å²) in [5, 5.41) is 12.9. The topological polar surface area (TPSA) is 127 Å². The van der Waals surface area contributed by atoms with Gasteiger partial charge in [-0.05, 0) is 80.6 Å². The first kappa shape index (κ1) is 35.5. The number of imide groups is 1. The first-order valence-electron chi connectivity index (χ1n) is 18.3. The Kier molecular flexibility index (Phi) is 11.0. The molecule has 274 valence electrons. The zero-order chi connectivity index (χ0) is 36.0. The summed E-state index contributed by atoms with van der Waals surface area (Å²) in [6, 6.07) is 12.8. The van der Waals surface area contributed by atoms with Crippen LogP contribution in [0.1, 0.15) is 72.5 Å². The second-order valence-electron chi connectivity index (χ2n) is 13.9. The molecule has 0 radical (unpaired) electrons. The minimum Gasteiger partial charge on any atom is -0.374 e. The maximum atomic E-state index is 14.6. The lowest BCUT2D eigenvalue weighted by Gasteiger charge is -2.34. The fourth-order valence-electron chi connectivity index (χ4n) is 7.42. The number of nitrogens with one attached hydrogen (secondary N) is 3. The number of rotatable bonds is 13. The molecule has 0 saturated carbocycles. The number of unbranched alkanes of at least 4 members (excludes halogenated alkanes) is 2. The Morgan fingerprint density at radius 3 is 2.54 bits per heavy atom. The zero-order valence-electron chi connectivity index (χ0n) is 29.2. The molecule has 0 spiro atoms. The highest BCUT2D eigenvalue weighted by molar-refractivity contribution is 6.01. The van der Waals surface area contributed by atoms with Crippen molar-refractivity contribution in [2.24, 2.45) is 0 Å². The van der Waals surface area contributed by atoms with E-state index < -0.39 is 11.6 Å².